The summed E-state index contributed by atoms with van der Waals surface area (Å²) in [4.78, 5) is 15.8. The van der Waals surface area contributed by atoms with Crippen LogP contribution in [0.5, 0.6) is 0 Å². The molecule has 3 aromatic rings. The highest BCUT2D eigenvalue weighted by molar-refractivity contribution is 5.92. The fourth-order valence-electron chi connectivity index (χ4n) is 2.89. The van der Waals surface area contributed by atoms with Crippen LogP contribution in [-0.4, -0.2) is 21.2 Å². The maximum Gasteiger partial charge on any atom is 0.335 e. The van der Waals surface area contributed by atoms with Gasteiger partial charge in [0.15, 0.2) is 0 Å². The van der Waals surface area contributed by atoms with Crippen LogP contribution in [-0.2, 0) is 0 Å². The zero-order valence-electron chi connectivity index (χ0n) is 15.3. The van der Waals surface area contributed by atoms with E-state index in [0.717, 1.165) is 16.7 Å². The molecule has 0 unspecified atom stereocenters. The van der Waals surface area contributed by atoms with Gasteiger partial charge in [-0.25, -0.2) is 9.18 Å². The van der Waals surface area contributed by atoms with Crippen molar-refractivity contribution in [3.8, 4) is 22.8 Å². The second-order valence-electron chi connectivity index (χ2n) is 6.44. The largest absolute Gasteiger partial charge is 0.478 e. The van der Waals surface area contributed by atoms with E-state index >= 15 is 0 Å². The molecule has 0 bridgehead atoms. The highest BCUT2D eigenvalue weighted by Crippen LogP contribution is 2.31. The van der Waals surface area contributed by atoms with Crippen molar-refractivity contribution in [1.82, 2.24) is 10.1 Å². The average Bonchev–Trinajstić information content (AvgIpc) is 3.07. The van der Waals surface area contributed by atoms with Gasteiger partial charge in [0.2, 0.25) is 5.82 Å². The van der Waals surface area contributed by atoms with E-state index in [1.54, 1.807) is 26.0 Å². The number of carboxylic acid groups (broad SMARTS) is 1. The van der Waals surface area contributed by atoms with Crippen molar-refractivity contribution in [2.24, 2.45) is 0 Å². The summed E-state index contributed by atoms with van der Waals surface area (Å²) in [6.07, 6.45) is 0. The molecule has 0 atom stereocenters. The van der Waals surface area contributed by atoms with Gasteiger partial charge in [-0.15, -0.1) is 0 Å². The van der Waals surface area contributed by atoms with Crippen LogP contribution in [0.1, 0.15) is 38.2 Å². The topological polar surface area (TPSA) is 76.2 Å². The lowest BCUT2D eigenvalue weighted by molar-refractivity contribution is 0.0696. The smallest absolute Gasteiger partial charge is 0.335 e. The van der Waals surface area contributed by atoms with Crippen LogP contribution in [0.2, 0.25) is 0 Å². The van der Waals surface area contributed by atoms with Gasteiger partial charge < -0.3 is 9.63 Å². The highest BCUT2D eigenvalue weighted by atomic mass is 19.1. The molecule has 0 aliphatic carbocycles. The molecule has 0 aliphatic heterocycles. The number of carbonyl (C=O) groups is 1. The van der Waals surface area contributed by atoms with Crippen molar-refractivity contribution in [3.63, 3.8) is 0 Å². The van der Waals surface area contributed by atoms with Crippen molar-refractivity contribution < 1.29 is 18.8 Å². The highest BCUT2D eigenvalue weighted by Gasteiger charge is 2.21. The Morgan fingerprint density at radius 3 is 2.35 bits per heavy atom. The SMILES string of the molecule is Cc1ccc(-c2nc(-c3cc(C(=O)O)c(C)c(C)c3C)no2)c(F)c1C. The molecule has 3 rings (SSSR count). The van der Waals surface area contributed by atoms with Crippen LogP contribution in [0.15, 0.2) is 22.7 Å². The first-order chi connectivity index (χ1) is 12.2. The molecule has 1 heterocycles. The maximum absolute atomic E-state index is 14.5. The molecule has 1 N–H and O–H groups in total. The molecule has 0 aliphatic rings. The third-order valence-electron chi connectivity index (χ3n) is 5.01. The number of halogens is 1. The third-order valence-corrected chi connectivity index (χ3v) is 5.01. The van der Waals surface area contributed by atoms with E-state index in [-0.39, 0.29) is 22.8 Å². The third kappa shape index (κ3) is 2.77. The number of aromatic carboxylic acids is 1. The molecular formula is C20H19FN2O3. The minimum Gasteiger partial charge on any atom is -0.478 e. The summed E-state index contributed by atoms with van der Waals surface area (Å²) < 4.78 is 19.8. The van der Waals surface area contributed by atoms with Crippen molar-refractivity contribution in [2.75, 3.05) is 0 Å². The molecule has 0 saturated heterocycles. The number of aromatic nitrogens is 2. The first-order valence-corrected chi connectivity index (χ1v) is 8.16. The molecule has 26 heavy (non-hydrogen) atoms. The molecule has 0 fully saturated rings. The minimum atomic E-state index is -1.02. The Morgan fingerprint density at radius 1 is 1.00 bits per heavy atom. The fraction of sp³-hybridized carbons (Fsp3) is 0.250. The summed E-state index contributed by atoms with van der Waals surface area (Å²) >= 11 is 0. The standard InChI is InChI=1S/C20H19FN2O3/c1-9-6-7-14(17(21)10(9)2)19-22-18(23-26-19)15-8-16(20(24)25)13(5)11(3)12(15)4/h6-8H,1-5H3,(H,24,25). The molecule has 6 heteroatoms. The number of hydrogen-bond acceptors (Lipinski definition) is 4. The van der Waals surface area contributed by atoms with Gasteiger partial charge in [-0.3, -0.25) is 0 Å². The Morgan fingerprint density at radius 2 is 1.69 bits per heavy atom. The van der Waals surface area contributed by atoms with E-state index < -0.39 is 11.8 Å². The van der Waals surface area contributed by atoms with Gasteiger partial charge >= 0.3 is 5.97 Å². The van der Waals surface area contributed by atoms with Gasteiger partial charge in [0.25, 0.3) is 5.89 Å². The van der Waals surface area contributed by atoms with Crippen molar-refractivity contribution in [2.45, 2.75) is 34.6 Å². The van der Waals surface area contributed by atoms with Crippen LogP contribution in [0.25, 0.3) is 22.8 Å². The number of benzene rings is 2. The van der Waals surface area contributed by atoms with Crippen molar-refractivity contribution in [3.05, 3.63) is 57.4 Å². The zero-order valence-corrected chi connectivity index (χ0v) is 15.3. The van der Waals surface area contributed by atoms with Crippen LogP contribution in [0, 0.1) is 40.4 Å². The van der Waals surface area contributed by atoms with Gasteiger partial charge in [0, 0.05) is 5.56 Å². The minimum absolute atomic E-state index is 0.0649. The second-order valence-corrected chi connectivity index (χ2v) is 6.44. The predicted molar refractivity (Wildman–Crippen MR) is 95.8 cm³/mol. The lowest BCUT2D eigenvalue weighted by Gasteiger charge is -2.11. The molecule has 134 valence electrons. The van der Waals surface area contributed by atoms with Crippen LogP contribution < -0.4 is 0 Å². The zero-order chi connectivity index (χ0) is 19.2. The van der Waals surface area contributed by atoms with Crippen LogP contribution in [0.4, 0.5) is 4.39 Å². The van der Waals surface area contributed by atoms with Crippen LogP contribution >= 0.6 is 0 Å². The van der Waals surface area contributed by atoms with E-state index in [0.29, 0.717) is 16.7 Å². The summed E-state index contributed by atoms with van der Waals surface area (Å²) in [6, 6.07) is 4.93. The number of hydrogen-bond donors (Lipinski definition) is 1. The Kier molecular flexibility index (Phi) is 4.36. The number of aryl methyl sites for hydroxylation is 1. The Labute approximate surface area is 150 Å². The molecule has 1 aromatic heterocycles. The molecule has 0 radical (unpaired) electrons. The summed E-state index contributed by atoms with van der Waals surface area (Å²) in [5, 5.41) is 13.4. The fourth-order valence-corrected chi connectivity index (χ4v) is 2.89. The Balaban J connectivity index is 2.15. The Bertz CT molecular complexity index is 1040. The lowest BCUT2D eigenvalue weighted by Crippen LogP contribution is -2.04. The molecule has 0 spiro atoms. The first kappa shape index (κ1) is 17.8. The summed E-state index contributed by atoms with van der Waals surface area (Å²) in [5.41, 5.74) is 4.75. The monoisotopic (exact) mass is 354 g/mol. The second kappa shape index (κ2) is 6.37. The Hall–Kier alpha value is -3.02. The average molecular weight is 354 g/mol. The summed E-state index contributed by atoms with van der Waals surface area (Å²) in [6.45, 7) is 9.01. The van der Waals surface area contributed by atoms with Crippen LogP contribution in [0.3, 0.4) is 0 Å². The normalized spacial score (nSPS) is 11.0. The molecular weight excluding hydrogens is 335 g/mol. The van der Waals surface area contributed by atoms with Crippen molar-refractivity contribution >= 4 is 5.97 Å². The molecule has 0 saturated carbocycles. The first-order valence-electron chi connectivity index (χ1n) is 8.16. The van der Waals surface area contributed by atoms with Gasteiger partial charge in [-0.05, 0) is 74.6 Å². The number of nitrogens with zero attached hydrogens (tertiary/aromatic N) is 2. The van der Waals surface area contributed by atoms with E-state index in [4.69, 9.17) is 4.52 Å². The van der Waals surface area contributed by atoms with E-state index in [1.165, 1.54) is 6.07 Å². The maximum atomic E-state index is 14.5. The van der Waals surface area contributed by atoms with Gasteiger partial charge in [0.05, 0.1) is 11.1 Å². The summed E-state index contributed by atoms with van der Waals surface area (Å²) in [5.74, 6) is -1.12. The molecule has 0 amide bonds. The van der Waals surface area contributed by atoms with E-state index in [9.17, 15) is 14.3 Å². The lowest BCUT2D eigenvalue weighted by atomic mass is 9.93. The number of carboxylic acids is 1. The van der Waals surface area contributed by atoms with E-state index in [2.05, 4.69) is 10.1 Å². The predicted octanol–water partition coefficient (Wildman–Crippen LogP) is 4.78. The van der Waals surface area contributed by atoms with E-state index in [1.807, 2.05) is 20.8 Å². The molecule has 5 nitrogen and oxygen atoms in total. The van der Waals surface area contributed by atoms with Gasteiger partial charge in [0.1, 0.15) is 5.82 Å². The van der Waals surface area contributed by atoms with Gasteiger partial charge in [-0.1, -0.05) is 11.2 Å². The summed E-state index contributed by atoms with van der Waals surface area (Å²) in [7, 11) is 0. The van der Waals surface area contributed by atoms with Crippen molar-refractivity contribution in [1.29, 1.82) is 0 Å². The molecule has 2 aromatic carbocycles. The quantitative estimate of drug-likeness (QED) is 0.732. The number of rotatable bonds is 3. The van der Waals surface area contributed by atoms with Gasteiger partial charge in [-0.2, -0.15) is 4.98 Å².